The molecule has 5 nitrogen and oxygen atoms in total. The first kappa shape index (κ1) is 20.2. The molecular formula is C26H21NO4. The molecule has 1 heterocycles. The Morgan fingerprint density at radius 3 is 2.29 bits per heavy atom. The third kappa shape index (κ3) is 4.73. The minimum atomic E-state index is -1.13. The highest BCUT2D eigenvalue weighted by molar-refractivity contribution is 5.90. The Kier molecular flexibility index (Phi) is 5.94. The van der Waals surface area contributed by atoms with Crippen LogP contribution in [0, 0.1) is 6.92 Å². The van der Waals surface area contributed by atoms with Crippen molar-refractivity contribution in [1.29, 1.82) is 0 Å². The van der Waals surface area contributed by atoms with E-state index in [-0.39, 0.29) is 18.1 Å². The molecule has 0 unspecified atom stereocenters. The van der Waals surface area contributed by atoms with Gasteiger partial charge in [-0.2, -0.15) is 0 Å². The number of para-hydroxylation sites is 1. The molecular weight excluding hydrogens is 390 g/mol. The number of carboxylic acids is 1. The monoisotopic (exact) mass is 411 g/mol. The molecule has 1 N–H and O–H groups in total. The summed E-state index contributed by atoms with van der Waals surface area (Å²) in [5, 5.41) is 9.59. The Morgan fingerprint density at radius 1 is 0.903 bits per heavy atom. The number of benzene rings is 3. The summed E-state index contributed by atoms with van der Waals surface area (Å²) < 4.78 is 11.9. The number of carboxylic acid groups (broad SMARTS) is 1. The average Bonchev–Trinajstić information content (AvgIpc) is 2.79. The van der Waals surface area contributed by atoms with E-state index in [9.17, 15) is 9.90 Å². The van der Waals surface area contributed by atoms with Crippen molar-refractivity contribution in [2.24, 2.45) is 0 Å². The minimum absolute atomic E-state index is 0.103. The van der Waals surface area contributed by atoms with Crippen LogP contribution in [0.3, 0.4) is 0 Å². The number of rotatable bonds is 7. The molecule has 1 aromatic heterocycles. The van der Waals surface area contributed by atoms with Crippen molar-refractivity contribution in [3.8, 4) is 28.4 Å². The van der Waals surface area contributed by atoms with Gasteiger partial charge in [-0.3, -0.25) is 0 Å². The molecule has 0 aliphatic rings. The van der Waals surface area contributed by atoms with Crippen molar-refractivity contribution in [2.75, 3.05) is 0 Å². The van der Waals surface area contributed by atoms with Crippen LogP contribution in [0.25, 0.3) is 11.1 Å². The van der Waals surface area contributed by atoms with Crippen LogP contribution in [0.1, 0.15) is 21.6 Å². The normalized spacial score (nSPS) is 10.5. The Hall–Kier alpha value is -4.12. The molecule has 5 heteroatoms. The molecule has 4 rings (SSSR count). The molecule has 31 heavy (non-hydrogen) atoms. The molecule has 3 aromatic carbocycles. The summed E-state index contributed by atoms with van der Waals surface area (Å²) >= 11 is 0. The van der Waals surface area contributed by atoms with Gasteiger partial charge in [-0.25, -0.2) is 9.78 Å². The van der Waals surface area contributed by atoms with Crippen LogP contribution in [0.2, 0.25) is 0 Å². The first-order valence-corrected chi connectivity index (χ1v) is 9.85. The van der Waals surface area contributed by atoms with Crippen LogP contribution in [0.4, 0.5) is 0 Å². The fourth-order valence-corrected chi connectivity index (χ4v) is 3.29. The Labute approximate surface area is 180 Å². The summed E-state index contributed by atoms with van der Waals surface area (Å²) in [6.07, 6.45) is 1.57. The van der Waals surface area contributed by atoms with Gasteiger partial charge in [0.1, 0.15) is 18.1 Å². The van der Waals surface area contributed by atoms with E-state index in [1.165, 1.54) is 0 Å². The van der Waals surface area contributed by atoms with Crippen molar-refractivity contribution >= 4 is 5.97 Å². The third-order valence-corrected chi connectivity index (χ3v) is 4.83. The maximum atomic E-state index is 11.7. The van der Waals surface area contributed by atoms with E-state index in [0.717, 1.165) is 22.4 Å². The molecule has 0 aliphatic heterocycles. The van der Waals surface area contributed by atoms with Gasteiger partial charge in [-0.1, -0.05) is 60.7 Å². The first-order valence-electron chi connectivity index (χ1n) is 9.85. The Balaban J connectivity index is 1.67. The second-order valence-corrected chi connectivity index (χ2v) is 7.00. The van der Waals surface area contributed by atoms with Gasteiger partial charge < -0.3 is 14.6 Å². The van der Waals surface area contributed by atoms with Crippen LogP contribution < -0.4 is 9.47 Å². The zero-order valence-corrected chi connectivity index (χ0v) is 17.0. The van der Waals surface area contributed by atoms with Crippen LogP contribution in [-0.4, -0.2) is 16.1 Å². The second kappa shape index (κ2) is 9.13. The van der Waals surface area contributed by atoms with Gasteiger partial charge in [-0.05, 0) is 42.3 Å². The van der Waals surface area contributed by atoms with Crippen molar-refractivity contribution in [3.05, 3.63) is 108 Å². The number of aromatic carboxylic acids is 1. The molecule has 0 spiro atoms. The van der Waals surface area contributed by atoms with E-state index in [0.29, 0.717) is 11.3 Å². The minimum Gasteiger partial charge on any atom is -0.486 e. The van der Waals surface area contributed by atoms with Crippen molar-refractivity contribution in [3.63, 3.8) is 0 Å². The largest absolute Gasteiger partial charge is 0.486 e. The molecule has 154 valence electrons. The molecule has 0 atom stereocenters. The predicted molar refractivity (Wildman–Crippen MR) is 119 cm³/mol. The van der Waals surface area contributed by atoms with E-state index >= 15 is 0 Å². The topological polar surface area (TPSA) is 68.7 Å². The quantitative estimate of drug-likeness (QED) is 0.396. The van der Waals surface area contributed by atoms with E-state index in [2.05, 4.69) is 4.98 Å². The van der Waals surface area contributed by atoms with Gasteiger partial charge in [0.05, 0.1) is 0 Å². The smallest absolute Gasteiger partial charge is 0.358 e. The predicted octanol–water partition coefficient (Wildman–Crippen LogP) is 6.13. The lowest BCUT2D eigenvalue weighted by molar-refractivity contribution is 0.0684. The number of hydrogen-bond acceptors (Lipinski definition) is 4. The number of ether oxygens (including phenoxy) is 2. The number of nitrogens with zero attached hydrogens (tertiary/aromatic N) is 1. The second-order valence-electron chi connectivity index (χ2n) is 7.00. The van der Waals surface area contributed by atoms with Gasteiger partial charge >= 0.3 is 5.97 Å². The lowest BCUT2D eigenvalue weighted by Gasteiger charge is -2.15. The summed E-state index contributed by atoms with van der Waals surface area (Å²) in [7, 11) is 0. The fourth-order valence-electron chi connectivity index (χ4n) is 3.29. The highest BCUT2D eigenvalue weighted by Crippen LogP contribution is 2.34. The zero-order chi connectivity index (χ0) is 21.6. The summed E-state index contributed by atoms with van der Waals surface area (Å²) in [5.74, 6) is 0.557. The average molecular weight is 411 g/mol. The Morgan fingerprint density at radius 2 is 1.58 bits per heavy atom. The molecule has 0 bridgehead atoms. The Bertz CT molecular complexity index is 1190. The molecule has 0 saturated carbocycles. The number of pyridine rings is 1. The summed E-state index contributed by atoms with van der Waals surface area (Å²) in [5.41, 5.74) is 3.20. The standard InChI is InChI=1S/C26H21NO4/c1-18-23(20-11-8-14-22(15-20)31-21-12-6-3-7-13-21)16-27-24(26(28)29)25(18)30-17-19-9-4-2-5-10-19/h2-16H,17H2,1H3,(H,28,29). The molecule has 0 aliphatic carbocycles. The van der Waals surface area contributed by atoms with E-state index in [1.54, 1.807) is 6.20 Å². The highest BCUT2D eigenvalue weighted by Gasteiger charge is 2.19. The van der Waals surface area contributed by atoms with Crippen LogP contribution in [0.5, 0.6) is 17.2 Å². The van der Waals surface area contributed by atoms with Gasteiger partial charge in [0.2, 0.25) is 0 Å². The molecule has 0 amide bonds. The van der Waals surface area contributed by atoms with E-state index < -0.39 is 5.97 Å². The summed E-state index contributed by atoms with van der Waals surface area (Å²) in [6.45, 7) is 2.10. The van der Waals surface area contributed by atoms with Gasteiger partial charge in [0.25, 0.3) is 0 Å². The van der Waals surface area contributed by atoms with Crippen LogP contribution >= 0.6 is 0 Å². The number of carbonyl (C=O) groups is 1. The van der Waals surface area contributed by atoms with Gasteiger partial charge in [0, 0.05) is 17.3 Å². The zero-order valence-electron chi connectivity index (χ0n) is 17.0. The lowest BCUT2D eigenvalue weighted by Crippen LogP contribution is -2.08. The van der Waals surface area contributed by atoms with E-state index in [4.69, 9.17) is 9.47 Å². The van der Waals surface area contributed by atoms with Gasteiger partial charge in [-0.15, -0.1) is 0 Å². The third-order valence-electron chi connectivity index (χ3n) is 4.83. The van der Waals surface area contributed by atoms with E-state index in [1.807, 2.05) is 91.9 Å². The molecule has 0 radical (unpaired) electrons. The van der Waals surface area contributed by atoms with Crippen LogP contribution in [-0.2, 0) is 6.61 Å². The SMILES string of the molecule is Cc1c(-c2cccc(Oc3ccccc3)c2)cnc(C(=O)O)c1OCc1ccccc1. The lowest BCUT2D eigenvalue weighted by atomic mass is 10.0. The fraction of sp³-hybridized carbons (Fsp3) is 0.0769. The molecule has 0 fully saturated rings. The molecule has 4 aromatic rings. The summed E-state index contributed by atoms with van der Waals surface area (Å²) in [4.78, 5) is 15.9. The maximum Gasteiger partial charge on any atom is 0.358 e. The van der Waals surface area contributed by atoms with Crippen molar-refractivity contribution in [1.82, 2.24) is 4.98 Å². The highest BCUT2D eigenvalue weighted by atomic mass is 16.5. The van der Waals surface area contributed by atoms with Gasteiger partial charge in [0.15, 0.2) is 11.4 Å². The van der Waals surface area contributed by atoms with Crippen molar-refractivity contribution in [2.45, 2.75) is 13.5 Å². The number of hydrogen-bond donors (Lipinski definition) is 1. The molecule has 0 saturated heterocycles. The van der Waals surface area contributed by atoms with Crippen molar-refractivity contribution < 1.29 is 19.4 Å². The van der Waals surface area contributed by atoms with Crippen LogP contribution in [0.15, 0.2) is 91.1 Å². The first-order chi connectivity index (χ1) is 15.1. The summed E-state index contributed by atoms with van der Waals surface area (Å²) in [6, 6.07) is 26.7. The maximum absolute atomic E-state index is 11.7. The number of aromatic nitrogens is 1.